The van der Waals surface area contributed by atoms with E-state index in [0.717, 1.165) is 5.56 Å². The quantitative estimate of drug-likeness (QED) is 0.662. The molecule has 0 spiro atoms. The van der Waals surface area contributed by atoms with E-state index in [2.05, 4.69) is 6.07 Å². The molecule has 0 aliphatic rings. The fraction of sp³-hybridized carbons (Fsp3) is 0.250. The largest absolute Gasteiger partial charge is 0.229 e. The second-order valence-corrected chi connectivity index (χ2v) is 4.62. The molecule has 0 atom stereocenters. The molecule has 1 radical (unpaired) electrons. The Labute approximate surface area is 66.8 Å². The van der Waals surface area contributed by atoms with Crippen molar-refractivity contribution in [1.82, 2.24) is 0 Å². The first-order valence-electron chi connectivity index (χ1n) is 3.21. The van der Waals surface area contributed by atoms with Gasteiger partial charge in [-0.2, -0.15) is 0 Å². The summed E-state index contributed by atoms with van der Waals surface area (Å²) in [5.74, 6) is 0.102. The van der Waals surface area contributed by atoms with Crippen molar-refractivity contribution >= 4 is 9.84 Å². The molecule has 3 heteroatoms. The topological polar surface area (TPSA) is 34.1 Å². The zero-order valence-electron chi connectivity index (χ0n) is 6.24. The van der Waals surface area contributed by atoms with Crippen LogP contribution in [0.2, 0.25) is 0 Å². The van der Waals surface area contributed by atoms with Gasteiger partial charge in [-0.25, -0.2) is 8.42 Å². The molecule has 0 saturated carbocycles. The monoisotopic (exact) mass is 169 g/mol. The second kappa shape index (κ2) is 3.05. The van der Waals surface area contributed by atoms with Crippen molar-refractivity contribution in [1.29, 1.82) is 0 Å². The van der Waals surface area contributed by atoms with Gasteiger partial charge < -0.3 is 0 Å². The van der Waals surface area contributed by atoms with Gasteiger partial charge in [0, 0.05) is 6.26 Å². The molecule has 1 aromatic rings. The van der Waals surface area contributed by atoms with E-state index in [-0.39, 0.29) is 5.75 Å². The SMILES string of the molecule is CS(=O)(=O)Cc1c[c]ccc1. The predicted molar refractivity (Wildman–Crippen MR) is 43.8 cm³/mol. The lowest BCUT2D eigenvalue weighted by Gasteiger charge is -1.96. The minimum absolute atomic E-state index is 0.102. The molecule has 0 heterocycles. The van der Waals surface area contributed by atoms with Crippen molar-refractivity contribution in [2.24, 2.45) is 0 Å². The molecule has 0 unspecified atom stereocenters. The zero-order valence-corrected chi connectivity index (χ0v) is 7.06. The van der Waals surface area contributed by atoms with E-state index in [9.17, 15) is 8.42 Å². The molecule has 0 fully saturated rings. The van der Waals surface area contributed by atoms with Crippen molar-refractivity contribution < 1.29 is 8.42 Å². The second-order valence-electron chi connectivity index (χ2n) is 2.48. The summed E-state index contributed by atoms with van der Waals surface area (Å²) in [5.41, 5.74) is 0.787. The molecule has 59 valence electrons. The predicted octanol–water partition coefficient (Wildman–Crippen LogP) is 1.03. The van der Waals surface area contributed by atoms with Crippen LogP contribution >= 0.6 is 0 Å². The Balaban J connectivity index is 2.82. The highest BCUT2D eigenvalue weighted by Gasteiger charge is 2.02. The lowest BCUT2D eigenvalue weighted by Crippen LogP contribution is -1.99. The van der Waals surface area contributed by atoms with Gasteiger partial charge in [0.25, 0.3) is 0 Å². The van der Waals surface area contributed by atoms with E-state index in [0.29, 0.717) is 0 Å². The highest BCUT2D eigenvalue weighted by atomic mass is 32.2. The van der Waals surface area contributed by atoms with Gasteiger partial charge in [-0.15, -0.1) is 0 Å². The maximum atomic E-state index is 10.8. The Morgan fingerprint density at radius 2 is 2.27 bits per heavy atom. The van der Waals surface area contributed by atoms with Crippen LogP contribution in [0.3, 0.4) is 0 Å². The lowest BCUT2D eigenvalue weighted by molar-refractivity contribution is 0.601. The normalized spacial score (nSPS) is 11.4. The summed E-state index contributed by atoms with van der Waals surface area (Å²) in [6.07, 6.45) is 1.22. The Hall–Kier alpha value is -0.830. The van der Waals surface area contributed by atoms with E-state index < -0.39 is 9.84 Å². The van der Waals surface area contributed by atoms with Gasteiger partial charge in [0.2, 0.25) is 0 Å². The molecule has 0 bridgehead atoms. The van der Waals surface area contributed by atoms with Crippen LogP contribution in [-0.2, 0) is 15.6 Å². The third kappa shape index (κ3) is 3.18. The van der Waals surface area contributed by atoms with Crippen molar-refractivity contribution in [3.05, 3.63) is 35.9 Å². The molecule has 0 aliphatic carbocycles. The van der Waals surface area contributed by atoms with Crippen molar-refractivity contribution in [3.8, 4) is 0 Å². The smallest absolute Gasteiger partial charge is 0.151 e. The first kappa shape index (κ1) is 8.27. The highest BCUT2D eigenvalue weighted by Crippen LogP contribution is 2.02. The summed E-state index contributed by atoms with van der Waals surface area (Å²) >= 11 is 0. The molecule has 1 rings (SSSR count). The number of hydrogen-bond donors (Lipinski definition) is 0. The van der Waals surface area contributed by atoms with Gasteiger partial charge in [0.15, 0.2) is 9.84 Å². The number of sulfone groups is 1. The van der Waals surface area contributed by atoms with E-state index in [1.165, 1.54) is 6.26 Å². The Morgan fingerprint density at radius 3 is 2.73 bits per heavy atom. The molecular weight excluding hydrogens is 160 g/mol. The Morgan fingerprint density at radius 1 is 1.55 bits per heavy atom. The average molecular weight is 169 g/mol. The third-order valence-corrected chi connectivity index (χ3v) is 2.06. The van der Waals surface area contributed by atoms with Crippen molar-refractivity contribution in [2.75, 3.05) is 6.26 Å². The van der Waals surface area contributed by atoms with Crippen LogP contribution in [-0.4, -0.2) is 14.7 Å². The van der Waals surface area contributed by atoms with Crippen LogP contribution < -0.4 is 0 Å². The molecule has 11 heavy (non-hydrogen) atoms. The highest BCUT2D eigenvalue weighted by molar-refractivity contribution is 7.89. The number of benzene rings is 1. The van der Waals surface area contributed by atoms with E-state index in [1.54, 1.807) is 24.3 Å². The molecule has 2 nitrogen and oxygen atoms in total. The van der Waals surface area contributed by atoms with Crippen LogP contribution in [0.25, 0.3) is 0 Å². The van der Waals surface area contributed by atoms with Crippen LogP contribution in [0.1, 0.15) is 5.56 Å². The van der Waals surface area contributed by atoms with Gasteiger partial charge in [0.05, 0.1) is 5.75 Å². The summed E-state index contributed by atoms with van der Waals surface area (Å²) in [4.78, 5) is 0. The first-order valence-corrected chi connectivity index (χ1v) is 5.27. The third-order valence-electron chi connectivity index (χ3n) is 1.20. The lowest BCUT2D eigenvalue weighted by atomic mass is 10.2. The molecule has 0 aliphatic heterocycles. The first-order chi connectivity index (χ1) is 5.08. The van der Waals surface area contributed by atoms with Crippen LogP contribution in [0.4, 0.5) is 0 Å². The van der Waals surface area contributed by atoms with E-state index in [4.69, 9.17) is 0 Å². The van der Waals surface area contributed by atoms with E-state index >= 15 is 0 Å². The molecule has 0 N–H and O–H groups in total. The summed E-state index contributed by atoms with van der Waals surface area (Å²) in [5, 5.41) is 0. The molecule has 0 amide bonds. The average Bonchev–Trinajstić information content (AvgIpc) is 1.85. The zero-order chi connectivity index (χ0) is 8.32. The van der Waals surface area contributed by atoms with Crippen molar-refractivity contribution in [3.63, 3.8) is 0 Å². The van der Waals surface area contributed by atoms with Gasteiger partial charge in [-0.05, 0) is 11.6 Å². The van der Waals surface area contributed by atoms with Crippen molar-refractivity contribution in [2.45, 2.75) is 5.75 Å². The summed E-state index contributed by atoms with van der Waals surface area (Å²) in [6.45, 7) is 0. The van der Waals surface area contributed by atoms with Crippen LogP contribution in [0, 0.1) is 6.07 Å². The minimum Gasteiger partial charge on any atom is -0.229 e. The minimum atomic E-state index is -2.90. The number of rotatable bonds is 2. The molecular formula is C8H9O2S. The van der Waals surface area contributed by atoms with Gasteiger partial charge in [-0.1, -0.05) is 24.3 Å². The summed E-state index contributed by atoms with van der Waals surface area (Å²) in [6, 6.07) is 9.80. The van der Waals surface area contributed by atoms with Crippen LogP contribution in [0.5, 0.6) is 0 Å². The summed E-state index contributed by atoms with van der Waals surface area (Å²) in [7, 11) is -2.90. The molecule has 0 saturated heterocycles. The summed E-state index contributed by atoms with van der Waals surface area (Å²) < 4.78 is 21.6. The van der Waals surface area contributed by atoms with Crippen LogP contribution in [0.15, 0.2) is 24.3 Å². The maximum Gasteiger partial charge on any atom is 0.151 e. The molecule has 0 aromatic heterocycles. The van der Waals surface area contributed by atoms with E-state index in [1.807, 2.05) is 0 Å². The Kier molecular flexibility index (Phi) is 2.29. The van der Waals surface area contributed by atoms with Gasteiger partial charge in [-0.3, -0.25) is 0 Å². The molecule has 1 aromatic carbocycles. The maximum absolute atomic E-state index is 10.8. The van der Waals surface area contributed by atoms with Gasteiger partial charge in [0.1, 0.15) is 0 Å². The fourth-order valence-electron chi connectivity index (χ4n) is 0.823. The fourth-order valence-corrected chi connectivity index (χ4v) is 1.61. The number of hydrogen-bond acceptors (Lipinski definition) is 2. The standard InChI is InChI=1S/C8H9O2S/c1-11(9,10)7-8-5-3-2-4-6-8/h2-3,5-6H,7H2,1H3. The Bertz CT molecular complexity index is 313. The van der Waals surface area contributed by atoms with Gasteiger partial charge >= 0.3 is 0 Å².